The average Bonchev–Trinajstić information content (AvgIpc) is 2.88. The Morgan fingerprint density at radius 2 is 2.08 bits per heavy atom. The largest absolute Gasteiger partial charge is 0.388 e. The van der Waals surface area contributed by atoms with Crippen molar-refractivity contribution < 1.29 is 9.90 Å². The number of aliphatic hydroxyl groups is 1. The lowest BCUT2D eigenvalue weighted by Gasteiger charge is -2.55. The van der Waals surface area contributed by atoms with Gasteiger partial charge in [-0.2, -0.15) is 5.26 Å². The lowest BCUT2D eigenvalue weighted by Crippen LogP contribution is -2.53. The molecule has 3 nitrogen and oxygen atoms in total. The highest BCUT2D eigenvalue weighted by Crippen LogP contribution is 2.66. The van der Waals surface area contributed by atoms with E-state index in [1.165, 1.54) is 5.57 Å². The van der Waals surface area contributed by atoms with Crippen molar-refractivity contribution >= 4 is 5.78 Å². The Balaban J connectivity index is 1.68. The van der Waals surface area contributed by atoms with Gasteiger partial charge in [0.2, 0.25) is 0 Å². The highest BCUT2D eigenvalue weighted by atomic mass is 16.3. The van der Waals surface area contributed by atoms with Gasteiger partial charge in [-0.25, -0.2) is 0 Å². The van der Waals surface area contributed by atoms with E-state index in [1.807, 2.05) is 6.08 Å². The van der Waals surface area contributed by atoms with Gasteiger partial charge in [0.25, 0.3) is 0 Å². The van der Waals surface area contributed by atoms with E-state index in [0.29, 0.717) is 30.0 Å². The van der Waals surface area contributed by atoms with Crippen molar-refractivity contribution in [1.29, 1.82) is 5.26 Å². The van der Waals surface area contributed by atoms with Crippen LogP contribution < -0.4 is 0 Å². The van der Waals surface area contributed by atoms with Crippen LogP contribution in [0.3, 0.4) is 0 Å². The second-order valence-electron chi connectivity index (χ2n) is 8.85. The minimum Gasteiger partial charge on any atom is -0.388 e. The molecule has 0 amide bonds. The molecule has 3 heteroatoms. The van der Waals surface area contributed by atoms with Gasteiger partial charge in [0.05, 0.1) is 18.1 Å². The number of carbonyl (C=O) groups is 1. The zero-order valence-electron chi connectivity index (χ0n) is 15.1. The Hall–Kier alpha value is -1.40. The number of allylic oxidation sites excluding steroid dienone is 3. The molecule has 2 fully saturated rings. The first kappa shape index (κ1) is 17.0. The fourth-order valence-corrected chi connectivity index (χ4v) is 7.07. The minimum absolute atomic E-state index is 0.159. The van der Waals surface area contributed by atoms with Gasteiger partial charge < -0.3 is 5.11 Å². The average molecular weight is 339 g/mol. The van der Waals surface area contributed by atoms with E-state index in [0.717, 1.165) is 57.8 Å². The van der Waals surface area contributed by atoms with Crippen molar-refractivity contribution in [1.82, 2.24) is 0 Å². The van der Waals surface area contributed by atoms with Gasteiger partial charge in [-0.1, -0.05) is 17.2 Å². The number of nitriles is 1. The molecule has 4 aliphatic rings. The molecule has 0 radical (unpaired) electrons. The number of rotatable bonds is 3. The van der Waals surface area contributed by atoms with Gasteiger partial charge in [-0.05, 0) is 69.1 Å². The van der Waals surface area contributed by atoms with Gasteiger partial charge in [0.15, 0.2) is 0 Å². The van der Waals surface area contributed by atoms with E-state index < -0.39 is 5.60 Å². The van der Waals surface area contributed by atoms with Crippen LogP contribution in [0.5, 0.6) is 0 Å². The van der Waals surface area contributed by atoms with Crippen molar-refractivity contribution in [2.24, 2.45) is 23.2 Å². The Morgan fingerprint density at radius 1 is 1.24 bits per heavy atom. The molecule has 5 atom stereocenters. The summed E-state index contributed by atoms with van der Waals surface area (Å²) in [7, 11) is 0. The predicted molar refractivity (Wildman–Crippen MR) is 96.5 cm³/mol. The fourth-order valence-electron chi connectivity index (χ4n) is 7.07. The first-order valence-corrected chi connectivity index (χ1v) is 9.97. The smallest absolute Gasteiger partial charge is 0.137 e. The van der Waals surface area contributed by atoms with E-state index in [4.69, 9.17) is 0 Å². The summed E-state index contributed by atoms with van der Waals surface area (Å²) in [5.74, 6) is 2.14. The van der Waals surface area contributed by atoms with E-state index >= 15 is 0 Å². The second-order valence-corrected chi connectivity index (χ2v) is 8.85. The Bertz CT molecular complexity index is 672. The molecule has 2 saturated carbocycles. The summed E-state index contributed by atoms with van der Waals surface area (Å²) in [6.07, 6.45) is 11.5. The Labute approximate surface area is 150 Å². The van der Waals surface area contributed by atoms with Crippen LogP contribution in [0.4, 0.5) is 0 Å². The van der Waals surface area contributed by atoms with Crippen LogP contribution in [0.1, 0.15) is 70.6 Å². The SMILES string of the molecule is C=CCC12CC[C@@H]3C4=C(CC[C@H]3[C@@H]1CC[C@@]2(O)CC#N)CC(=O)CC4. The monoisotopic (exact) mass is 339 g/mol. The van der Waals surface area contributed by atoms with E-state index in [1.54, 1.807) is 5.57 Å². The number of hydrogen-bond acceptors (Lipinski definition) is 3. The number of fused-ring (bicyclic) bond motifs is 4. The van der Waals surface area contributed by atoms with Gasteiger partial charge in [0, 0.05) is 18.3 Å². The van der Waals surface area contributed by atoms with Crippen LogP contribution >= 0.6 is 0 Å². The zero-order chi connectivity index (χ0) is 17.7. The molecule has 4 rings (SSSR count). The molecule has 1 N–H and O–H groups in total. The highest BCUT2D eigenvalue weighted by molar-refractivity contribution is 5.82. The second kappa shape index (κ2) is 6.09. The number of nitrogens with zero attached hydrogens (tertiary/aromatic N) is 1. The van der Waals surface area contributed by atoms with Crippen molar-refractivity contribution in [3.8, 4) is 6.07 Å². The third kappa shape index (κ3) is 2.37. The molecule has 1 unspecified atom stereocenters. The summed E-state index contributed by atoms with van der Waals surface area (Å²) in [4.78, 5) is 11.8. The van der Waals surface area contributed by atoms with Crippen molar-refractivity contribution in [3.63, 3.8) is 0 Å². The number of hydrogen-bond donors (Lipinski definition) is 1. The predicted octanol–water partition coefficient (Wildman–Crippen LogP) is 4.47. The summed E-state index contributed by atoms with van der Waals surface area (Å²) in [5, 5.41) is 20.7. The normalized spacial score (nSPS) is 43.0. The van der Waals surface area contributed by atoms with Gasteiger partial charge in [0.1, 0.15) is 5.78 Å². The molecule has 0 aromatic heterocycles. The lowest BCUT2D eigenvalue weighted by atomic mass is 9.50. The molecule has 0 aliphatic heterocycles. The molecular formula is C22H29NO2. The number of carbonyl (C=O) groups excluding carboxylic acids is 1. The molecule has 0 aromatic carbocycles. The molecule has 0 bridgehead atoms. The number of Topliss-reactive ketones (excluding diaryl/α,β-unsaturated/α-hetero) is 1. The first-order valence-electron chi connectivity index (χ1n) is 9.97. The van der Waals surface area contributed by atoms with E-state index in [2.05, 4.69) is 12.6 Å². The molecule has 0 aromatic rings. The molecular weight excluding hydrogens is 310 g/mol. The van der Waals surface area contributed by atoms with Crippen LogP contribution in [-0.2, 0) is 4.79 Å². The summed E-state index contributed by atoms with van der Waals surface area (Å²) in [6, 6.07) is 2.26. The Morgan fingerprint density at radius 3 is 2.84 bits per heavy atom. The summed E-state index contributed by atoms with van der Waals surface area (Å²) in [6.45, 7) is 3.97. The van der Waals surface area contributed by atoms with E-state index in [-0.39, 0.29) is 11.8 Å². The van der Waals surface area contributed by atoms with Crippen molar-refractivity contribution in [2.45, 2.75) is 76.2 Å². The molecule has 0 saturated heterocycles. The van der Waals surface area contributed by atoms with E-state index in [9.17, 15) is 15.2 Å². The first-order chi connectivity index (χ1) is 12.0. The molecule has 4 aliphatic carbocycles. The fraction of sp³-hybridized carbons (Fsp3) is 0.727. The molecule has 25 heavy (non-hydrogen) atoms. The van der Waals surface area contributed by atoms with Crippen LogP contribution in [0.2, 0.25) is 0 Å². The lowest BCUT2D eigenvalue weighted by molar-refractivity contribution is -0.120. The van der Waals surface area contributed by atoms with Crippen LogP contribution in [0.25, 0.3) is 0 Å². The van der Waals surface area contributed by atoms with Gasteiger partial charge >= 0.3 is 0 Å². The maximum Gasteiger partial charge on any atom is 0.137 e. The quantitative estimate of drug-likeness (QED) is 0.772. The van der Waals surface area contributed by atoms with Gasteiger partial charge in [-0.15, -0.1) is 6.58 Å². The van der Waals surface area contributed by atoms with Crippen LogP contribution in [-0.4, -0.2) is 16.5 Å². The van der Waals surface area contributed by atoms with Crippen LogP contribution in [0, 0.1) is 34.5 Å². The molecule has 0 heterocycles. The van der Waals surface area contributed by atoms with Crippen LogP contribution in [0.15, 0.2) is 23.8 Å². The topological polar surface area (TPSA) is 61.1 Å². The maximum atomic E-state index is 11.8. The molecule has 134 valence electrons. The Kier molecular flexibility index (Phi) is 4.15. The van der Waals surface area contributed by atoms with Crippen molar-refractivity contribution in [3.05, 3.63) is 23.8 Å². The highest BCUT2D eigenvalue weighted by Gasteiger charge is 2.63. The number of ketones is 1. The minimum atomic E-state index is -0.844. The molecule has 0 spiro atoms. The third-order valence-corrected chi connectivity index (χ3v) is 8.09. The summed E-state index contributed by atoms with van der Waals surface area (Å²) >= 11 is 0. The zero-order valence-corrected chi connectivity index (χ0v) is 15.1. The summed E-state index contributed by atoms with van der Waals surface area (Å²) in [5.41, 5.74) is 2.04. The summed E-state index contributed by atoms with van der Waals surface area (Å²) < 4.78 is 0. The van der Waals surface area contributed by atoms with Gasteiger partial charge in [-0.3, -0.25) is 4.79 Å². The standard InChI is InChI=1S/C22H29NO2/c1-2-9-21-10-7-18-17-6-4-16(24)14-15(17)3-5-19(18)20(21)8-11-22(21,25)12-13-23/h2,18-20,25H,1,3-12,14H2/t18-,19-,20+,21?,22-/m1/s1. The maximum absolute atomic E-state index is 11.8. The third-order valence-electron chi connectivity index (χ3n) is 8.09. The van der Waals surface area contributed by atoms with Crippen molar-refractivity contribution in [2.75, 3.05) is 0 Å².